The Morgan fingerprint density at radius 2 is 2.12 bits per heavy atom. The van der Waals surface area contributed by atoms with Crippen LogP contribution >= 0.6 is 11.6 Å². The van der Waals surface area contributed by atoms with Crippen LogP contribution in [0.15, 0.2) is 18.3 Å². The zero-order valence-corrected chi connectivity index (χ0v) is 11.3. The van der Waals surface area contributed by atoms with Gasteiger partial charge in [0.05, 0.1) is 0 Å². The second-order valence-corrected chi connectivity index (χ2v) is 5.48. The topological polar surface area (TPSA) is 24.9 Å². The summed E-state index contributed by atoms with van der Waals surface area (Å²) in [6.07, 6.45) is 8.32. The van der Waals surface area contributed by atoms with E-state index in [1.165, 1.54) is 37.7 Å². The van der Waals surface area contributed by atoms with Crippen LogP contribution in [0, 0.1) is 12.3 Å². The Balaban J connectivity index is 1.98. The van der Waals surface area contributed by atoms with Crippen LogP contribution in [0.3, 0.4) is 0 Å². The summed E-state index contributed by atoms with van der Waals surface area (Å²) in [4.78, 5) is 4.37. The van der Waals surface area contributed by atoms with Crippen LogP contribution in [0.25, 0.3) is 0 Å². The number of nitrogens with zero attached hydrogens (tertiary/aromatic N) is 1. The van der Waals surface area contributed by atoms with E-state index < -0.39 is 0 Å². The molecular formula is C14H21ClN2. The Labute approximate surface area is 109 Å². The van der Waals surface area contributed by atoms with Gasteiger partial charge in [-0.25, -0.2) is 4.98 Å². The molecule has 0 amide bonds. The minimum atomic E-state index is 0.282. The molecule has 1 aliphatic rings. The molecule has 0 saturated heterocycles. The first-order valence-corrected chi connectivity index (χ1v) is 7.01. The third-order valence-corrected chi connectivity index (χ3v) is 4.40. The van der Waals surface area contributed by atoms with Crippen molar-refractivity contribution >= 4 is 17.4 Å². The first-order chi connectivity index (χ1) is 8.26. The van der Waals surface area contributed by atoms with Gasteiger partial charge in [0.2, 0.25) is 0 Å². The predicted molar refractivity (Wildman–Crippen MR) is 73.7 cm³/mol. The third kappa shape index (κ3) is 3.12. The highest BCUT2D eigenvalue weighted by molar-refractivity contribution is 6.18. The minimum absolute atomic E-state index is 0.282. The molecule has 17 heavy (non-hydrogen) atoms. The average Bonchev–Trinajstić information content (AvgIpc) is 2.39. The summed E-state index contributed by atoms with van der Waals surface area (Å²) < 4.78 is 0. The van der Waals surface area contributed by atoms with Crippen LogP contribution in [-0.2, 0) is 0 Å². The van der Waals surface area contributed by atoms with E-state index in [9.17, 15) is 0 Å². The Hall–Kier alpha value is -0.760. The molecule has 2 rings (SSSR count). The van der Waals surface area contributed by atoms with E-state index in [-0.39, 0.29) is 5.41 Å². The fraction of sp³-hybridized carbons (Fsp3) is 0.643. The molecule has 1 saturated carbocycles. The zero-order chi connectivity index (χ0) is 12.1. The standard InChI is InChI=1S/C14H21ClN2/c1-12-6-5-9-16-13(12)17-11-14(10-15)7-3-2-4-8-14/h5-6,9H,2-4,7-8,10-11H2,1H3,(H,16,17). The normalized spacial score (nSPS) is 18.9. The fourth-order valence-corrected chi connectivity index (χ4v) is 2.96. The molecule has 0 bridgehead atoms. The molecule has 1 heterocycles. The van der Waals surface area contributed by atoms with Crippen molar-refractivity contribution in [1.29, 1.82) is 0 Å². The van der Waals surface area contributed by atoms with Gasteiger partial charge in [0.1, 0.15) is 5.82 Å². The smallest absolute Gasteiger partial charge is 0.128 e. The molecule has 1 aliphatic carbocycles. The van der Waals surface area contributed by atoms with E-state index in [0.717, 1.165) is 18.2 Å². The summed E-state index contributed by atoms with van der Waals surface area (Å²) in [6, 6.07) is 4.06. The van der Waals surface area contributed by atoms with Gasteiger partial charge < -0.3 is 5.32 Å². The molecule has 3 heteroatoms. The van der Waals surface area contributed by atoms with E-state index in [1.807, 2.05) is 12.3 Å². The molecular weight excluding hydrogens is 232 g/mol. The van der Waals surface area contributed by atoms with E-state index in [0.29, 0.717) is 0 Å². The summed E-state index contributed by atoms with van der Waals surface area (Å²) in [5.74, 6) is 1.76. The number of aryl methyl sites for hydroxylation is 1. The van der Waals surface area contributed by atoms with Crippen molar-refractivity contribution in [3.05, 3.63) is 23.9 Å². The number of nitrogens with one attached hydrogen (secondary N) is 1. The van der Waals surface area contributed by atoms with Crippen molar-refractivity contribution in [1.82, 2.24) is 4.98 Å². The second-order valence-electron chi connectivity index (χ2n) is 5.22. The van der Waals surface area contributed by atoms with Gasteiger partial charge in [0.25, 0.3) is 0 Å². The lowest BCUT2D eigenvalue weighted by atomic mass is 9.75. The second kappa shape index (κ2) is 5.72. The maximum Gasteiger partial charge on any atom is 0.128 e. The average molecular weight is 253 g/mol. The maximum absolute atomic E-state index is 6.18. The molecule has 1 fully saturated rings. The van der Waals surface area contributed by atoms with Crippen LogP contribution in [-0.4, -0.2) is 17.4 Å². The van der Waals surface area contributed by atoms with Crippen LogP contribution in [0.2, 0.25) is 0 Å². The van der Waals surface area contributed by atoms with Crippen molar-refractivity contribution in [3.63, 3.8) is 0 Å². The first kappa shape index (κ1) is 12.7. The van der Waals surface area contributed by atoms with Crippen molar-refractivity contribution in [2.75, 3.05) is 17.7 Å². The maximum atomic E-state index is 6.18. The molecule has 1 N–H and O–H groups in total. The van der Waals surface area contributed by atoms with Crippen molar-refractivity contribution < 1.29 is 0 Å². The van der Waals surface area contributed by atoms with Gasteiger partial charge in [-0.1, -0.05) is 25.3 Å². The monoisotopic (exact) mass is 252 g/mol. The van der Waals surface area contributed by atoms with Gasteiger partial charge in [-0.2, -0.15) is 0 Å². The van der Waals surface area contributed by atoms with E-state index in [4.69, 9.17) is 11.6 Å². The van der Waals surface area contributed by atoms with Gasteiger partial charge >= 0.3 is 0 Å². The van der Waals surface area contributed by atoms with Gasteiger partial charge in [-0.3, -0.25) is 0 Å². The van der Waals surface area contributed by atoms with Crippen LogP contribution in [0.4, 0.5) is 5.82 Å². The molecule has 1 aromatic rings. The third-order valence-electron chi connectivity index (χ3n) is 3.84. The summed E-state index contributed by atoms with van der Waals surface area (Å²) in [6.45, 7) is 3.04. The van der Waals surface area contributed by atoms with Crippen LogP contribution < -0.4 is 5.32 Å². The number of aromatic nitrogens is 1. The molecule has 1 aromatic heterocycles. The highest BCUT2D eigenvalue weighted by Crippen LogP contribution is 2.37. The number of anilines is 1. The Morgan fingerprint density at radius 1 is 1.35 bits per heavy atom. The predicted octanol–water partition coefficient (Wildman–Crippen LogP) is 3.99. The minimum Gasteiger partial charge on any atom is -0.369 e. The summed E-state index contributed by atoms with van der Waals surface area (Å²) in [5, 5.41) is 3.48. The summed E-state index contributed by atoms with van der Waals surface area (Å²) >= 11 is 6.18. The van der Waals surface area contributed by atoms with E-state index in [1.54, 1.807) is 0 Å². The number of rotatable bonds is 4. The number of alkyl halides is 1. The molecule has 0 unspecified atom stereocenters. The van der Waals surface area contributed by atoms with Crippen molar-refractivity contribution in [2.24, 2.45) is 5.41 Å². The molecule has 0 radical (unpaired) electrons. The molecule has 0 atom stereocenters. The van der Waals surface area contributed by atoms with Crippen molar-refractivity contribution in [3.8, 4) is 0 Å². The Morgan fingerprint density at radius 3 is 2.76 bits per heavy atom. The summed E-state index contributed by atoms with van der Waals surface area (Å²) in [7, 11) is 0. The van der Waals surface area contributed by atoms with Gasteiger partial charge in [-0.05, 0) is 31.4 Å². The van der Waals surface area contributed by atoms with Gasteiger partial charge in [-0.15, -0.1) is 11.6 Å². The Bertz CT molecular complexity index is 359. The lowest BCUT2D eigenvalue weighted by Crippen LogP contribution is -2.34. The highest BCUT2D eigenvalue weighted by atomic mass is 35.5. The lowest BCUT2D eigenvalue weighted by molar-refractivity contribution is 0.238. The molecule has 2 nitrogen and oxygen atoms in total. The van der Waals surface area contributed by atoms with Gasteiger partial charge in [0, 0.05) is 24.0 Å². The van der Waals surface area contributed by atoms with E-state index >= 15 is 0 Å². The number of halogens is 1. The SMILES string of the molecule is Cc1cccnc1NCC1(CCl)CCCCC1. The highest BCUT2D eigenvalue weighted by Gasteiger charge is 2.31. The van der Waals surface area contributed by atoms with E-state index in [2.05, 4.69) is 23.3 Å². The van der Waals surface area contributed by atoms with Crippen molar-refractivity contribution in [2.45, 2.75) is 39.0 Å². The first-order valence-electron chi connectivity index (χ1n) is 6.47. The number of pyridine rings is 1. The van der Waals surface area contributed by atoms with Gasteiger partial charge in [0.15, 0.2) is 0 Å². The van der Waals surface area contributed by atoms with Crippen LogP contribution in [0.5, 0.6) is 0 Å². The molecule has 0 aliphatic heterocycles. The Kier molecular flexibility index (Phi) is 4.27. The fourth-order valence-electron chi connectivity index (χ4n) is 2.60. The molecule has 0 aromatic carbocycles. The number of hydrogen-bond acceptors (Lipinski definition) is 2. The lowest BCUT2D eigenvalue weighted by Gasteiger charge is -2.35. The largest absolute Gasteiger partial charge is 0.369 e. The number of hydrogen-bond donors (Lipinski definition) is 1. The quantitative estimate of drug-likeness (QED) is 0.820. The zero-order valence-electron chi connectivity index (χ0n) is 10.5. The molecule has 94 valence electrons. The molecule has 0 spiro atoms. The van der Waals surface area contributed by atoms with Crippen LogP contribution in [0.1, 0.15) is 37.7 Å². The summed E-state index contributed by atoms with van der Waals surface area (Å²) in [5.41, 5.74) is 1.48.